The van der Waals surface area contributed by atoms with Crippen LogP contribution >= 0.6 is 0 Å². The number of hydrogen-bond acceptors (Lipinski definition) is 3. The van der Waals surface area contributed by atoms with Crippen LogP contribution in [-0.4, -0.2) is 22.9 Å². The number of ether oxygens (including phenoxy) is 1. The number of hydrogen-bond donors (Lipinski definition) is 2. The first-order valence-electron chi connectivity index (χ1n) is 14.9. The first-order chi connectivity index (χ1) is 21.1. The van der Waals surface area contributed by atoms with Crippen LogP contribution in [0.1, 0.15) is 81.1 Å². The van der Waals surface area contributed by atoms with Gasteiger partial charge in [-0.25, -0.2) is 22.0 Å². The van der Waals surface area contributed by atoms with E-state index in [1.165, 1.54) is 24.3 Å². The molecule has 0 saturated carbocycles. The molecule has 3 unspecified atom stereocenters. The summed E-state index contributed by atoms with van der Waals surface area (Å²) in [6.07, 6.45) is 7.06. The highest BCUT2D eigenvalue weighted by Crippen LogP contribution is 2.38. The van der Waals surface area contributed by atoms with Gasteiger partial charge in [0.1, 0.15) is 0 Å². The van der Waals surface area contributed by atoms with Crippen LogP contribution in [-0.2, 0) is 4.74 Å². The first kappa shape index (κ1) is 31.9. The van der Waals surface area contributed by atoms with Crippen LogP contribution in [0.15, 0.2) is 48.6 Å². The van der Waals surface area contributed by atoms with Gasteiger partial charge in [0.05, 0.1) is 18.8 Å². The van der Waals surface area contributed by atoms with Crippen molar-refractivity contribution in [2.24, 2.45) is 5.92 Å². The SMILES string of the molecule is CCCC(O)c1ccc(C2=CCC(OCC3CC=C(c4ccc(-c5ccc(O)c(F)c5F)c(F)c4F)CC3)CC2)c(F)c1F. The number of allylic oxidation sites excluding steroid dienone is 3. The van der Waals surface area contributed by atoms with Crippen LogP contribution in [0.4, 0.5) is 26.3 Å². The van der Waals surface area contributed by atoms with Gasteiger partial charge in [-0.3, -0.25) is 0 Å². The normalized spacial score (nSPS) is 19.5. The van der Waals surface area contributed by atoms with Gasteiger partial charge < -0.3 is 14.9 Å². The minimum absolute atomic E-state index is 0.0264. The molecule has 0 fully saturated rings. The average Bonchev–Trinajstić information content (AvgIpc) is 3.03. The van der Waals surface area contributed by atoms with Crippen molar-refractivity contribution in [3.05, 3.63) is 100 Å². The average molecular weight is 617 g/mol. The molecular weight excluding hydrogens is 582 g/mol. The second-order valence-electron chi connectivity index (χ2n) is 11.5. The fourth-order valence-electron chi connectivity index (χ4n) is 6.01. The standard InChI is InChI=1S/C35H34F6O3/c1-2-3-28(42)27-15-13-24(31(37)34(27)40)21-8-10-22(11-9-21)44-18-19-4-6-20(7-5-19)23-12-14-25(32(38)30(23)36)26-16-17-29(43)35(41)33(26)39/h6,8,12-17,19,22,28,42-43H,2-5,7,9-11,18H2,1H3. The van der Waals surface area contributed by atoms with Crippen molar-refractivity contribution in [2.75, 3.05) is 6.61 Å². The second kappa shape index (κ2) is 13.6. The van der Waals surface area contributed by atoms with Crippen molar-refractivity contribution in [1.82, 2.24) is 0 Å². The van der Waals surface area contributed by atoms with Crippen LogP contribution in [0.2, 0.25) is 0 Å². The molecule has 2 N–H and O–H groups in total. The lowest BCUT2D eigenvalue weighted by atomic mass is 9.86. The van der Waals surface area contributed by atoms with Crippen molar-refractivity contribution in [1.29, 1.82) is 0 Å². The predicted octanol–water partition coefficient (Wildman–Crippen LogP) is 9.56. The third kappa shape index (κ3) is 6.44. The lowest BCUT2D eigenvalue weighted by Crippen LogP contribution is -2.21. The summed E-state index contributed by atoms with van der Waals surface area (Å²) in [5, 5.41) is 19.4. The van der Waals surface area contributed by atoms with Crippen molar-refractivity contribution < 1.29 is 41.3 Å². The largest absolute Gasteiger partial charge is 0.505 e. The van der Waals surface area contributed by atoms with Gasteiger partial charge in [-0.1, -0.05) is 49.8 Å². The Balaban J connectivity index is 1.17. The van der Waals surface area contributed by atoms with E-state index in [0.29, 0.717) is 69.1 Å². The van der Waals surface area contributed by atoms with Crippen molar-refractivity contribution in [3.63, 3.8) is 0 Å². The zero-order valence-corrected chi connectivity index (χ0v) is 24.3. The molecule has 0 spiro atoms. The summed E-state index contributed by atoms with van der Waals surface area (Å²) in [5.74, 6) is -8.14. The Morgan fingerprint density at radius 2 is 1.25 bits per heavy atom. The number of phenolic OH excluding ortho intramolecular Hbond substituents is 1. The zero-order chi connectivity index (χ0) is 31.5. The minimum atomic E-state index is -1.53. The molecule has 0 bridgehead atoms. The molecule has 5 rings (SSSR count). The Morgan fingerprint density at radius 1 is 0.705 bits per heavy atom. The van der Waals surface area contributed by atoms with E-state index in [-0.39, 0.29) is 28.7 Å². The molecule has 2 aliphatic carbocycles. The van der Waals surface area contributed by atoms with E-state index in [4.69, 9.17) is 4.74 Å². The predicted molar refractivity (Wildman–Crippen MR) is 156 cm³/mol. The van der Waals surface area contributed by atoms with Gasteiger partial charge in [0.15, 0.2) is 34.8 Å². The second-order valence-corrected chi connectivity index (χ2v) is 11.5. The van der Waals surface area contributed by atoms with Gasteiger partial charge in [-0.05, 0) is 74.1 Å². The van der Waals surface area contributed by atoms with Gasteiger partial charge in [0.25, 0.3) is 0 Å². The molecule has 0 saturated heterocycles. The van der Waals surface area contributed by atoms with E-state index in [1.54, 1.807) is 0 Å². The van der Waals surface area contributed by atoms with E-state index >= 15 is 4.39 Å². The summed E-state index contributed by atoms with van der Waals surface area (Å²) < 4.78 is 93.6. The van der Waals surface area contributed by atoms with Crippen molar-refractivity contribution >= 4 is 11.1 Å². The molecule has 0 aromatic heterocycles. The molecule has 0 aliphatic heterocycles. The van der Waals surface area contributed by atoms with E-state index in [9.17, 15) is 32.2 Å². The molecule has 9 heteroatoms. The van der Waals surface area contributed by atoms with E-state index in [1.807, 2.05) is 19.1 Å². The molecular formula is C35H34F6O3. The van der Waals surface area contributed by atoms with Gasteiger partial charge in [-0.15, -0.1) is 0 Å². The van der Waals surface area contributed by atoms with Crippen LogP contribution in [0.3, 0.4) is 0 Å². The maximum absolute atomic E-state index is 15.1. The molecule has 3 atom stereocenters. The monoisotopic (exact) mass is 616 g/mol. The highest BCUT2D eigenvalue weighted by molar-refractivity contribution is 5.73. The molecule has 3 aromatic rings. The van der Waals surface area contributed by atoms with Gasteiger partial charge in [-0.2, -0.15) is 4.39 Å². The van der Waals surface area contributed by atoms with E-state index < -0.39 is 57.9 Å². The van der Waals surface area contributed by atoms with Gasteiger partial charge in [0, 0.05) is 27.8 Å². The Hall–Kier alpha value is -3.56. The van der Waals surface area contributed by atoms with Crippen LogP contribution in [0.5, 0.6) is 5.75 Å². The Labute approximate surface area is 252 Å². The van der Waals surface area contributed by atoms with Gasteiger partial charge >= 0.3 is 0 Å². The third-order valence-corrected chi connectivity index (χ3v) is 8.61. The Bertz CT molecular complexity index is 1600. The number of aliphatic hydroxyl groups is 1. The lowest BCUT2D eigenvalue weighted by Gasteiger charge is -2.27. The van der Waals surface area contributed by atoms with Crippen LogP contribution in [0.25, 0.3) is 22.3 Å². The van der Waals surface area contributed by atoms with Crippen molar-refractivity contribution in [3.8, 4) is 16.9 Å². The highest BCUT2D eigenvalue weighted by Gasteiger charge is 2.26. The molecule has 234 valence electrons. The fourth-order valence-corrected chi connectivity index (χ4v) is 6.01. The summed E-state index contributed by atoms with van der Waals surface area (Å²) in [6.45, 7) is 2.33. The summed E-state index contributed by atoms with van der Waals surface area (Å²) in [4.78, 5) is 0. The third-order valence-electron chi connectivity index (χ3n) is 8.61. The zero-order valence-electron chi connectivity index (χ0n) is 24.3. The maximum Gasteiger partial charge on any atom is 0.200 e. The smallest absolute Gasteiger partial charge is 0.200 e. The summed E-state index contributed by atoms with van der Waals surface area (Å²) in [6, 6.07) is 7.41. The molecule has 0 amide bonds. The number of benzene rings is 3. The number of phenols is 1. The molecule has 3 nitrogen and oxygen atoms in total. The summed E-state index contributed by atoms with van der Waals surface area (Å²) in [7, 11) is 0. The number of halogens is 6. The Morgan fingerprint density at radius 3 is 1.86 bits per heavy atom. The van der Waals surface area contributed by atoms with E-state index in [0.717, 1.165) is 12.1 Å². The minimum Gasteiger partial charge on any atom is -0.505 e. The quantitative estimate of drug-likeness (QED) is 0.236. The highest BCUT2D eigenvalue weighted by atomic mass is 19.2. The first-order valence-corrected chi connectivity index (χ1v) is 14.9. The molecule has 2 aliphatic rings. The van der Waals surface area contributed by atoms with Gasteiger partial charge in [0.2, 0.25) is 5.82 Å². The topological polar surface area (TPSA) is 49.7 Å². The summed E-state index contributed by atoms with van der Waals surface area (Å²) >= 11 is 0. The lowest BCUT2D eigenvalue weighted by molar-refractivity contribution is 0.0233. The molecule has 3 aromatic carbocycles. The number of rotatable bonds is 9. The van der Waals surface area contributed by atoms with Crippen LogP contribution < -0.4 is 0 Å². The maximum atomic E-state index is 15.1. The van der Waals surface area contributed by atoms with Crippen LogP contribution in [0, 0.1) is 40.8 Å². The molecule has 44 heavy (non-hydrogen) atoms. The summed E-state index contributed by atoms with van der Waals surface area (Å²) in [5.41, 5.74) is 0.644. The number of aromatic hydroxyl groups is 1. The van der Waals surface area contributed by atoms with Crippen molar-refractivity contribution in [2.45, 2.75) is 70.5 Å². The fraction of sp³-hybridized carbons (Fsp3) is 0.371. The molecule has 0 heterocycles. The number of aliphatic hydroxyl groups excluding tert-OH is 1. The molecule has 0 radical (unpaired) electrons. The Kier molecular flexibility index (Phi) is 9.85. The van der Waals surface area contributed by atoms with E-state index in [2.05, 4.69) is 0 Å².